The first-order valence-electron chi connectivity index (χ1n) is 10.3. The van der Waals surface area contributed by atoms with E-state index in [4.69, 9.17) is 9.47 Å². The van der Waals surface area contributed by atoms with E-state index in [1.54, 1.807) is 30.5 Å². The number of ether oxygens (including phenoxy) is 3. The van der Waals surface area contributed by atoms with Gasteiger partial charge in [-0.2, -0.15) is 0 Å². The number of benzene rings is 2. The van der Waals surface area contributed by atoms with Crippen molar-refractivity contribution in [1.82, 2.24) is 4.57 Å². The topological polar surface area (TPSA) is 69.9 Å². The molecule has 0 spiro atoms. The van der Waals surface area contributed by atoms with Gasteiger partial charge in [0.25, 0.3) is 5.56 Å². The summed E-state index contributed by atoms with van der Waals surface area (Å²) in [6, 6.07) is 13.4. The molecule has 1 aromatic heterocycles. The van der Waals surface area contributed by atoms with Crippen LogP contribution in [0.2, 0.25) is 0 Å². The maximum Gasteiger partial charge on any atom is 0.573 e. The maximum atomic E-state index is 12.7. The molecule has 33 heavy (non-hydrogen) atoms. The van der Waals surface area contributed by atoms with Gasteiger partial charge in [0.1, 0.15) is 12.4 Å². The molecule has 1 fully saturated rings. The molecule has 0 bridgehead atoms. The number of aromatic nitrogens is 1. The molecular formula is C24H22F3NO5. The minimum absolute atomic E-state index is 0.168. The van der Waals surface area contributed by atoms with Crippen LogP contribution in [0.25, 0.3) is 16.8 Å². The van der Waals surface area contributed by atoms with Crippen LogP contribution in [0.5, 0.6) is 17.2 Å². The van der Waals surface area contributed by atoms with Crippen LogP contribution in [0.1, 0.15) is 12.8 Å². The number of hydrogen-bond donors (Lipinski definition) is 1. The standard InChI is InChI=1S/C24H22F3NO5/c1-31-22-13-18(6-9-21(22)32-14-20(29)16-2-3-16)28-11-10-17(12-23(28)30)15-4-7-19(8-5-15)33-24(25,26)27/h4-13,16,20,29H,2-3,14H2,1H3/t20-/m0/s1. The van der Waals surface area contributed by atoms with Crippen LogP contribution in [-0.2, 0) is 0 Å². The molecule has 1 saturated carbocycles. The third kappa shape index (κ3) is 5.67. The van der Waals surface area contributed by atoms with Crippen LogP contribution in [0.3, 0.4) is 0 Å². The lowest BCUT2D eigenvalue weighted by atomic mass is 10.1. The molecule has 4 rings (SSSR count). The second-order valence-electron chi connectivity index (χ2n) is 7.75. The monoisotopic (exact) mass is 461 g/mol. The smallest absolute Gasteiger partial charge is 0.493 e. The molecule has 3 aromatic rings. The number of methoxy groups -OCH3 is 1. The second kappa shape index (κ2) is 9.19. The van der Waals surface area contributed by atoms with Crippen LogP contribution in [0.15, 0.2) is 65.6 Å². The Kier molecular flexibility index (Phi) is 6.33. The third-order valence-electron chi connectivity index (χ3n) is 5.34. The molecule has 0 radical (unpaired) electrons. The third-order valence-corrected chi connectivity index (χ3v) is 5.34. The number of aliphatic hydroxyl groups is 1. The van der Waals surface area contributed by atoms with Crippen LogP contribution >= 0.6 is 0 Å². The van der Waals surface area contributed by atoms with Crippen molar-refractivity contribution in [3.05, 3.63) is 71.1 Å². The fourth-order valence-corrected chi connectivity index (χ4v) is 3.44. The predicted octanol–water partition coefficient (Wildman–Crippen LogP) is 4.56. The van der Waals surface area contributed by atoms with E-state index in [1.165, 1.54) is 42.0 Å². The molecule has 0 amide bonds. The summed E-state index contributed by atoms with van der Waals surface area (Å²) in [7, 11) is 1.49. The van der Waals surface area contributed by atoms with E-state index in [-0.39, 0.29) is 17.9 Å². The average Bonchev–Trinajstić information content (AvgIpc) is 3.62. The molecule has 1 aliphatic rings. The van der Waals surface area contributed by atoms with Crippen LogP contribution < -0.4 is 19.8 Å². The molecule has 0 saturated heterocycles. The van der Waals surface area contributed by atoms with Crippen LogP contribution in [0, 0.1) is 5.92 Å². The number of hydrogen-bond acceptors (Lipinski definition) is 5. The highest BCUT2D eigenvalue weighted by molar-refractivity contribution is 5.64. The molecule has 0 aliphatic heterocycles. The number of rotatable bonds is 8. The second-order valence-corrected chi connectivity index (χ2v) is 7.75. The normalized spacial score (nSPS) is 14.6. The van der Waals surface area contributed by atoms with Crippen molar-refractivity contribution in [3.63, 3.8) is 0 Å². The molecule has 0 unspecified atom stereocenters. The lowest BCUT2D eigenvalue weighted by molar-refractivity contribution is -0.274. The highest BCUT2D eigenvalue weighted by Gasteiger charge is 2.31. The Hall–Kier alpha value is -3.46. The van der Waals surface area contributed by atoms with E-state index in [2.05, 4.69) is 4.74 Å². The molecule has 6 nitrogen and oxygen atoms in total. The first-order valence-corrected chi connectivity index (χ1v) is 10.3. The predicted molar refractivity (Wildman–Crippen MR) is 115 cm³/mol. The maximum absolute atomic E-state index is 12.7. The van der Waals surface area contributed by atoms with Gasteiger partial charge in [-0.25, -0.2) is 0 Å². The van der Waals surface area contributed by atoms with Crippen LogP contribution in [0.4, 0.5) is 13.2 Å². The summed E-state index contributed by atoms with van der Waals surface area (Å²) in [5.41, 5.74) is 1.34. The van der Waals surface area contributed by atoms with Gasteiger partial charge in [0.2, 0.25) is 0 Å². The van der Waals surface area contributed by atoms with Crippen molar-refractivity contribution < 1.29 is 32.5 Å². The lowest BCUT2D eigenvalue weighted by Crippen LogP contribution is -2.20. The summed E-state index contributed by atoms with van der Waals surface area (Å²) in [6.07, 6.45) is -1.70. The zero-order valence-corrected chi connectivity index (χ0v) is 17.7. The average molecular weight is 461 g/mol. The summed E-state index contributed by atoms with van der Waals surface area (Å²) >= 11 is 0. The van der Waals surface area contributed by atoms with Gasteiger partial charge in [0, 0.05) is 18.3 Å². The highest BCUT2D eigenvalue weighted by Crippen LogP contribution is 2.34. The highest BCUT2D eigenvalue weighted by atomic mass is 19.4. The van der Waals surface area contributed by atoms with Gasteiger partial charge in [-0.05, 0) is 60.2 Å². The van der Waals surface area contributed by atoms with Gasteiger partial charge in [0.05, 0.1) is 18.9 Å². The van der Waals surface area contributed by atoms with E-state index in [9.17, 15) is 23.1 Å². The molecule has 1 aliphatic carbocycles. The van der Waals surface area contributed by atoms with Crippen molar-refractivity contribution in [2.45, 2.75) is 25.3 Å². The Balaban J connectivity index is 1.52. The van der Waals surface area contributed by atoms with Gasteiger partial charge in [-0.1, -0.05) is 12.1 Å². The van der Waals surface area contributed by atoms with Crippen molar-refractivity contribution in [1.29, 1.82) is 0 Å². The first-order chi connectivity index (χ1) is 15.7. The quantitative estimate of drug-likeness (QED) is 0.533. The summed E-state index contributed by atoms with van der Waals surface area (Å²) in [5.74, 6) is 0.845. The van der Waals surface area contributed by atoms with E-state index < -0.39 is 12.5 Å². The molecule has 2 aromatic carbocycles. The van der Waals surface area contributed by atoms with E-state index in [1.807, 2.05) is 0 Å². The number of nitrogens with zero attached hydrogens (tertiary/aromatic N) is 1. The molecule has 1 atom stereocenters. The van der Waals surface area contributed by atoms with Gasteiger partial charge >= 0.3 is 6.36 Å². The summed E-state index contributed by atoms with van der Waals surface area (Å²) in [6.45, 7) is 0.168. The first kappa shape index (κ1) is 22.7. The Morgan fingerprint density at radius 1 is 1.03 bits per heavy atom. The fraction of sp³-hybridized carbons (Fsp3) is 0.292. The summed E-state index contributed by atoms with van der Waals surface area (Å²) in [5, 5.41) is 10.00. The fourth-order valence-electron chi connectivity index (χ4n) is 3.44. The van der Waals surface area contributed by atoms with Gasteiger partial charge in [0.15, 0.2) is 11.5 Å². The van der Waals surface area contributed by atoms with Gasteiger partial charge in [-0.3, -0.25) is 9.36 Å². The number of aliphatic hydroxyl groups excluding tert-OH is 1. The number of halogens is 3. The Labute approximate surface area is 187 Å². The van der Waals surface area contributed by atoms with Gasteiger partial charge in [-0.15, -0.1) is 13.2 Å². The Morgan fingerprint density at radius 3 is 2.36 bits per heavy atom. The van der Waals surface area contributed by atoms with Crippen LogP contribution in [-0.4, -0.2) is 35.9 Å². The molecule has 9 heteroatoms. The molecule has 1 heterocycles. The number of alkyl halides is 3. The lowest BCUT2D eigenvalue weighted by Gasteiger charge is -2.15. The van der Waals surface area contributed by atoms with E-state index in [0.29, 0.717) is 34.2 Å². The Morgan fingerprint density at radius 2 is 1.76 bits per heavy atom. The molecule has 1 N–H and O–H groups in total. The molecule has 174 valence electrons. The Bertz CT molecular complexity index is 1170. The zero-order valence-electron chi connectivity index (χ0n) is 17.7. The summed E-state index contributed by atoms with van der Waals surface area (Å²) < 4.78 is 53.3. The zero-order chi connectivity index (χ0) is 23.6. The molecular weight excluding hydrogens is 439 g/mol. The number of pyridine rings is 1. The van der Waals surface area contributed by atoms with Gasteiger partial charge < -0.3 is 19.3 Å². The minimum atomic E-state index is -4.76. The van der Waals surface area contributed by atoms with E-state index in [0.717, 1.165) is 12.8 Å². The summed E-state index contributed by atoms with van der Waals surface area (Å²) in [4.78, 5) is 12.7. The van der Waals surface area contributed by atoms with Crippen molar-refractivity contribution in [2.75, 3.05) is 13.7 Å². The van der Waals surface area contributed by atoms with E-state index >= 15 is 0 Å². The van der Waals surface area contributed by atoms with Crippen molar-refractivity contribution >= 4 is 0 Å². The largest absolute Gasteiger partial charge is 0.573 e. The SMILES string of the molecule is COc1cc(-n2ccc(-c3ccc(OC(F)(F)F)cc3)cc2=O)ccc1OC[C@H](O)C1CC1. The van der Waals surface area contributed by atoms with Crippen molar-refractivity contribution in [3.8, 4) is 34.1 Å². The van der Waals surface area contributed by atoms with Crippen molar-refractivity contribution in [2.24, 2.45) is 5.92 Å². The minimum Gasteiger partial charge on any atom is -0.493 e.